The van der Waals surface area contributed by atoms with Gasteiger partial charge in [-0.2, -0.15) is 0 Å². The maximum absolute atomic E-state index is 5.22. The summed E-state index contributed by atoms with van der Waals surface area (Å²) < 4.78 is 6.21. The average molecular weight is 268 g/mol. The molecule has 0 aliphatic carbocycles. The zero-order valence-electron chi connectivity index (χ0n) is 8.12. The molecule has 0 radical (unpaired) electrons. The van der Waals surface area contributed by atoms with Crippen molar-refractivity contribution in [3.8, 4) is 5.75 Å². The number of imidazole rings is 1. The van der Waals surface area contributed by atoms with Gasteiger partial charge in [-0.3, -0.25) is 0 Å². The van der Waals surface area contributed by atoms with Crippen molar-refractivity contribution in [2.45, 2.75) is 0 Å². The third kappa shape index (κ3) is 2.30. The molecule has 1 aromatic heterocycles. The lowest BCUT2D eigenvalue weighted by molar-refractivity contribution is 0.416. The Kier molecular flexibility index (Phi) is 2.91. The van der Waals surface area contributed by atoms with Gasteiger partial charge in [0.15, 0.2) is 0 Å². The summed E-state index contributed by atoms with van der Waals surface area (Å²) in [6.07, 6.45) is 3.44. The Balaban J connectivity index is 2.30. The molecule has 1 aromatic carbocycles. The highest BCUT2D eigenvalue weighted by Gasteiger charge is 2.04. The average Bonchev–Trinajstić information content (AvgIpc) is 2.71. The standard InChI is InChI=1S/C10H10BrN3O/c1-15-9-3-2-7(11)6-8(9)14-10-12-4-5-13-10/h2-6H,1H3,(H2,12,13,14). The Morgan fingerprint density at radius 1 is 1.47 bits per heavy atom. The minimum Gasteiger partial charge on any atom is -0.495 e. The van der Waals surface area contributed by atoms with Crippen molar-refractivity contribution < 1.29 is 4.74 Å². The molecule has 0 saturated heterocycles. The predicted octanol–water partition coefficient (Wildman–Crippen LogP) is 2.92. The third-order valence-electron chi connectivity index (χ3n) is 1.91. The monoisotopic (exact) mass is 267 g/mol. The molecular weight excluding hydrogens is 258 g/mol. The summed E-state index contributed by atoms with van der Waals surface area (Å²) in [5, 5.41) is 3.12. The van der Waals surface area contributed by atoms with Gasteiger partial charge in [0.1, 0.15) is 5.75 Å². The van der Waals surface area contributed by atoms with Crippen molar-refractivity contribution >= 4 is 27.6 Å². The quantitative estimate of drug-likeness (QED) is 0.899. The third-order valence-corrected chi connectivity index (χ3v) is 2.41. The van der Waals surface area contributed by atoms with E-state index in [1.54, 1.807) is 19.5 Å². The van der Waals surface area contributed by atoms with Crippen molar-refractivity contribution in [1.29, 1.82) is 0 Å². The lowest BCUT2D eigenvalue weighted by Gasteiger charge is -2.09. The molecule has 0 fully saturated rings. The largest absolute Gasteiger partial charge is 0.495 e. The highest BCUT2D eigenvalue weighted by molar-refractivity contribution is 9.10. The van der Waals surface area contributed by atoms with Crippen molar-refractivity contribution in [1.82, 2.24) is 9.97 Å². The first kappa shape index (κ1) is 10.0. The lowest BCUT2D eigenvalue weighted by atomic mass is 10.3. The van der Waals surface area contributed by atoms with Crippen LogP contribution < -0.4 is 10.1 Å². The fourth-order valence-corrected chi connectivity index (χ4v) is 1.60. The van der Waals surface area contributed by atoms with Crippen LogP contribution in [-0.4, -0.2) is 17.1 Å². The van der Waals surface area contributed by atoms with Crippen molar-refractivity contribution in [2.24, 2.45) is 0 Å². The van der Waals surface area contributed by atoms with Gasteiger partial charge in [0, 0.05) is 16.9 Å². The van der Waals surface area contributed by atoms with Crippen LogP contribution in [0.25, 0.3) is 0 Å². The number of nitrogens with one attached hydrogen (secondary N) is 2. The molecule has 0 amide bonds. The fraction of sp³-hybridized carbons (Fsp3) is 0.100. The number of hydrogen-bond acceptors (Lipinski definition) is 3. The van der Waals surface area contributed by atoms with Crippen LogP contribution in [0.1, 0.15) is 0 Å². The van der Waals surface area contributed by atoms with Crippen LogP contribution in [0.4, 0.5) is 11.6 Å². The number of halogens is 1. The molecule has 2 aromatic rings. The number of rotatable bonds is 3. The first-order chi connectivity index (χ1) is 7.29. The molecule has 0 bridgehead atoms. The van der Waals surface area contributed by atoms with Crippen molar-refractivity contribution in [3.63, 3.8) is 0 Å². The number of anilines is 2. The SMILES string of the molecule is COc1ccc(Br)cc1Nc1ncc[nH]1. The molecule has 2 rings (SSSR count). The number of methoxy groups -OCH3 is 1. The van der Waals surface area contributed by atoms with Crippen LogP contribution in [0.15, 0.2) is 35.1 Å². The Hall–Kier alpha value is -1.49. The molecule has 5 heteroatoms. The van der Waals surface area contributed by atoms with E-state index in [2.05, 4.69) is 31.2 Å². The highest BCUT2D eigenvalue weighted by Crippen LogP contribution is 2.29. The molecule has 0 aliphatic rings. The van der Waals surface area contributed by atoms with Gasteiger partial charge in [0.2, 0.25) is 5.95 Å². The second-order valence-corrected chi connectivity index (χ2v) is 3.82. The fourth-order valence-electron chi connectivity index (χ4n) is 1.24. The second-order valence-electron chi connectivity index (χ2n) is 2.91. The summed E-state index contributed by atoms with van der Waals surface area (Å²) in [6, 6.07) is 5.74. The normalized spacial score (nSPS) is 10.0. The van der Waals surface area contributed by atoms with E-state index in [9.17, 15) is 0 Å². The summed E-state index contributed by atoms with van der Waals surface area (Å²) in [6.45, 7) is 0. The van der Waals surface area contributed by atoms with Crippen LogP contribution in [-0.2, 0) is 0 Å². The van der Waals surface area contributed by atoms with E-state index in [0.29, 0.717) is 5.95 Å². The molecular formula is C10H10BrN3O. The maximum atomic E-state index is 5.22. The van der Waals surface area contributed by atoms with E-state index in [1.807, 2.05) is 18.2 Å². The minimum absolute atomic E-state index is 0.686. The number of H-pyrrole nitrogens is 1. The first-order valence-electron chi connectivity index (χ1n) is 4.39. The summed E-state index contributed by atoms with van der Waals surface area (Å²) >= 11 is 3.40. The minimum atomic E-state index is 0.686. The van der Waals surface area contributed by atoms with Crippen LogP contribution in [0, 0.1) is 0 Å². The number of nitrogens with zero attached hydrogens (tertiary/aromatic N) is 1. The van der Waals surface area contributed by atoms with E-state index in [4.69, 9.17) is 4.74 Å². The van der Waals surface area contributed by atoms with E-state index in [1.165, 1.54) is 0 Å². The molecule has 15 heavy (non-hydrogen) atoms. The predicted molar refractivity (Wildman–Crippen MR) is 62.6 cm³/mol. The molecule has 0 saturated carbocycles. The number of aromatic amines is 1. The topological polar surface area (TPSA) is 49.9 Å². The number of ether oxygens (including phenoxy) is 1. The molecule has 0 aliphatic heterocycles. The Labute approximate surface area is 95.8 Å². The Bertz CT molecular complexity index is 442. The number of aromatic nitrogens is 2. The molecule has 0 atom stereocenters. The van der Waals surface area contributed by atoms with Gasteiger partial charge < -0.3 is 15.0 Å². The van der Waals surface area contributed by atoms with Crippen LogP contribution in [0.3, 0.4) is 0 Å². The van der Waals surface area contributed by atoms with E-state index in [0.717, 1.165) is 15.9 Å². The lowest BCUT2D eigenvalue weighted by Crippen LogP contribution is -1.95. The van der Waals surface area contributed by atoms with Gasteiger partial charge >= 0.3 is 0 Å². The van der Waals surface area contributed by atoms with Crippen LogP contribution >= 0.6 is 15.9 Å². The molecule has 0 unspecified atom stereocenters. The molecule has 2 N–H and O–H groups in total. The zero-order valence-corrected chi connectivity index (χ0v) is 9.71. The van der Waals surface area contributed by atoms with E-state index < -0.39 is 0 Å². The van der Waals surface area contributed by atoms with E-state index in [-0.39, 0.29) is 0 Å². The van der Waals surface area contributed by atoms with E-state index >= 15 is 0 Å². The Morgan fingerprint density at radius 2 is 2.33 bits per heavy atom. The van der Waals surface area contributed by atoms with Crippen molar-refractivity contribution in [2.75, 3.05) is 12.4 Å². The second kappa shape index (κ2) is 4.35. The summed E-state index contributed by atoms with van der Waals surface area (Å²) in [5.74, 6) is 1.46. The summed E-state index contributed by atoms with van der Waals surface area (Å²) in [5.41, 5.74) is 0.863. The van der Waals surface area contributed by atoms with Gasteiger partial charge in [0.25, 0.3) is 0 Å². The number of benzene rings is 1. The Morgan fingerprint density at radius 3 is 3.00 bits per heavy atom. The molecule has 0 spiro atoms. The maximum Gasteiger partial charge on any atom is 0.204 e. The first-order valence-corrected chi connectivity index (χ1v) is 5.19. The molecule has 1 heterocycles. The molecule has 4 nitrogen and oxygen atoms in total. The molecule has 78 valence electrons. The van der Waals surface area contributed by atoms with Gasteiger partial charge in [-0.05, 0) is 18.2 Å². The smallest absolute Gasteiger partial charge is 0.204 e. The van der Waals surface area contributed by atoms with Gasteiger partial charge in [-0.25, -0.2) is 4.98 Å². The summed E-state index contributed by atoms with van der Waals surface area (Å²) in [4.78, 5) is 7.04. The van der Waals surface area contributed by atoms with Crippen LogP contribution in [0.5, 0.6) is 5.75 Å². The summed E-state index contributed by atoms with van der Waals surface area (Å²) in [7, 11) is 1.64. The number of hydrogen-bond donors (Lipinski definition) is 2. The van der Waals surface area contributed by atoms with Gasteiger partial charge in [-0.1, -0.05) is 15.9 Å². The van der Waals surface area contributed by atoms with Gasteiger partial charge in [0.05, 0.1) is 12.8 Å². The van der Waals surface area contributed by atoms with Crippen LogP contribution in [0.2, 0.25) is 0 Å². The van der Waals surface area contributed by atoms with Crippen molar-refractivity contribution in [3.05, 3.63) is 35.1 Å². The highest BCUT2D eigenvalue weighted by atomic mass is 79.9. The van der Waals surface area contributed by atoms with Gasteiger partial charge in [-0.15, -0.1) is 0 Å². The zero-order chi connectivity index (χ0) is 10.7.